The summed E-state index contributed by atoms with van der Waals surface area (Å²) in [5.74, 6) is 0.214. The standard InChI is InChI=1S/C22H27NO2S/c23-26(24,25)22-15-9-3-8-14-20(16-18-10-4-1-5-11-18)21(22)17-19-12-6-2-7-13-19/h1-2,4-7,10-13,20H,3,8-9,14-17H2,(H2,23,24,25)/b22-21+. The molecule has 0 fully saturated rings. The molecule has 0 bridgehead atoms. The minimum Gasteiger partial charge on any atom is -0.225 e. The van der Waals surface area contributed by atoms with Gasteiger partial charge in [0.05, 0.1) is 4.91 Å². The molecule has 2 N–H and O–H groups in total. The molecule has 0 saturated carbocycles. The molecule has 4 heteroatoms. The predicted molar refractivity (Wildman–Crippen MR) is 107 cm³/mol. The highest BCUT2D eigenvalue weighted by atomic mass is 32.2. The zero-order valence-electron chi connectivity index (χ0n) is 15.1. The van der Waals surface area contributed by atoms with E-state index in [4.69, 9.17) is 5.14 Å². The van der Waals surface area contributed by atoms with Gasteiger partial charge in [-0.3, -0.25) is 0 Å². The Kier molecular flexibility index (Phi) is 6.28. The fraction of sp³-hybridized carbons (Fsp3) is 0.364. The van der Waals surface area contributed by atoms with Gasteiger partial charge in [0.25, 0.3) is 0 Å². The molecule has 1 atom stereocenters. The van der Waals surface area contributed by atoms with E-state index in [1.54, 1.807) is 0 Å². The van der Waals surface area contributed by atoms with Gasteiger partial charge in [0.15, 0.2) is 0 Å². The lowest BCUT2D eigenvalue weighted by Crippen LogP contribution is -2.23. The molecule has 0 aliphatic heterocycles. The molecule has 2 aromatic carbocycles. The van der Waals surface area contributed by atoms with Crippen molar-refractivity contribution in [2.75, 3.05) is 0 Å². The lowest BCUT2D eigenvalue weighted by molar-refractivity contribution is 0.482. The van der Waals surface area contributed by atoms with Gasteiger partial charge >= 0.3 is 0 Å². The summed E-state index contributed by atoms with van der Waals surface area (Å²) in [7, 11) is -3.68. The third kappa shape index (κ3) is 5.05. The number of primary sulfonamides is 1. The molecule has 1 unspecified atom stereocenters. The van der Waals surface area contributed by atoms with Gasteiger partial charge in [-0.25, -0.2) is 13.6 Å². The van der Waals surface area contributed by atoms with E-state index in [0.29, 0.717) is 17.7 Å². The molecule has 0 spiro atoms. The molecule has 1 aliphatic rings. The third-order valence-corrected chi connectivity index (χ3v) is 6.37. The van der Waals surface area contributed by atoms with Gasteiger partial charge in [-0.05, 0) is 54.7 Å². The van der Waals surface area contributed by atoms with Crippen LogP contribution in [0.1, 0.15) is 43.2 Å². The van der Waals surface area contributed by atoms with Crippen LogP contribution in [0.25, 0.3) is 0 Å². The molecule has 0 amide bonds. The Morgan fingerprint density at radius 2 is 1.46 bits per heavy atom. The molecule has 1 aliphatic carbocycles. The summed E-state index contributed by atoms with van der Waals surface area (Å²) in [5, 5.41) is 5.64. The maximum atomic E-state index is 12.4. The van der Waals surface area contributed by atoms with Crippen LogP contribution in [0.4, 0.5) is 0 Å². The number of nitrogens with two attached hydrogens (primary N) is 1. The minimum atomic E-state index is -3.68. The quantitative estimate of drug-likeness (QED) is 0.837. The minimum absolute atomic E-state index is 0.214. The zero-order chi connectivity index (χ0) is 18.4. The SMILES string of the molecule is NS(=O)(=O)/C1=C(\Cc2ccccc2)C(Cc2ccccc2)CCCCC1. The summed E-state index contributed by atoms with van der Waals surface area (Å²) in [6.45, 7) is 0. The molecular formula is C22H27NO2S. The normalized spacial score (nSPS) is 21.8. The Hall–Kier alpha value is -1.91. The van der Waals surface area contributed by atoms with Crippen LogP contribution in [0.2, 0.25) is 0 Å². The van der Waals surface area contributed by atoms with Crippen molar-refractivity contribution in [2.24, 2.45) is 11.1 Å². The maximum absolute atomic E-state index is 12.4. The van der Waals surface area contributed by atoms with E-state index in [-0.39, 0.29) is 5.92 Å². The highest BCUT2D eigenvalue weighted by Gasteiger charge is 2.26. The maximum Gasteiger partial charge on any atom is 0.234 e. The van der Waals surface area contributed by atoms with Crippen LogP contribution in [-0.4, -0.2) is 8.42 Å². The van der Waals surface area contributed by atoms with Crippen LogP contribution in [-0.2, 0) is 22.9 Å². The first kappa shape index (κ1) is 18.9. The Balaban J connectivity index is 2.03. The van der Waals surface area contributed by atoms with Crippen LogP contribution in [0.5, 0.6) is 0 Å². The van der Waals surface area contributed by atoms with E-state index < -0.39 is 10.0 Å². The van der Waals surface area contributed by atoms with Crippen LogP contribution in [0.15, 0.2) is 71.1 Å². The Morgan fingerprint density at radius 3 is 2.08 bits per heavy atom. The highest BCUT2D eigenvalue weighted by molar-refractivity contribution is 7.93. The van der Waals surface area contributed by atoms with Crippen molar-refractivity contribution >= 4 is 10.0 Å². The first-order chi connectivity index (χ1) is 12.5. The van der Waals surface area contributed by atoms with Crippen LogP contribution in [0, 0.1) is 5.92 Å². The molecule has 2 aromatic rings. The summed E-state index contributed by atoms with van der Waals surface area (Å²) in [6, 6.07) is 20.4. The van der Waals surface area contributed by atoms with Crippen molar-refractivity contribution in [3.05, 3.63) is 82.3 Å². The topological polar surface area (TPSA) is 60.2 Å². The molecule has 3 nitrogen and oxygen atoms in total. The van der Waals surface area contributed by atoms with E-state index in [2.05, 4.69) is 24.3 Å². The van der Waals surface area contributed by atoms with Crippen molar-refractivity contribution in [3.63, 3.8) is 0 Å². The first-order valence-corrected chi connectivity index (χ1v) is 10.9. The summed E-state index contributed by atoms with van der Waals surface area (Å²) in [4.78, 5) is 0.474. The molecular weight excluding hydrogens is 342 g/mol. The molecule has 0 heterocycles. The summed E-state index contributed by atoms with van der Waals surface area (Å²) in [6.07, 6.45) is 6.17. The van der Waals surface area contributed by atoms with Gasteiger partial charge in [-0.15, -0.1) is 0 Å². The van der Waals surface area contributed by atoms with Crippen molar-refractivity contribution in [1.29, 1.82) is 0 Å². The zero-order valence-corrected chi connectivity index (χ0v) is 15.9. The molecule has 26 heavy (non-hydrogen) atoms. The average molecular weight is 370 g/mol. The van der Waals surface area contributed by atoms with Crippen molar-refractivity contribution in [3.8, 4) is 0 Å². The van der Waals surface area contributed by atoms with Crippen molar-refractivity contribution in [2.45, 2.75) is 44.9 Å². The number of sulfonamides is 1. The average Bonchev–Trinajstić information content (AvgIpc) is 2.61. The number of hydrogen-bond acceptors (Lipinski definition) is 2. The summed E-state index contributed by atoms with van der Waals surface area (Å²) >= 11 is 0. The van der Waals surface area contributed by atoms with Gasteiger partial charge in [0, 0.05) is 0 Å². The summed E-state index contributed by atoms with van der Waals surface area (Å²) in [5.41, 5.74) is 3.40. The fourth-order valence-corrected chi connectivity index (χ4v) is 4.96. The smallest absolute Gasteiger partial charge is 0.225 e. The van der Waals surface area contributed by atoms with Gasteiger partial charge in [0.1, 0.15) is 0 Å². The predicted octanol–water partition coefficient (Wildman–Crippen LogP) is 4.59. The Morgan fingerprint density at radius 1 is 0.846 bits per heavy atom. The monoisotopic (exact) mass is 369 g/mol. The number of rotatable bonds is 5. The number of hydrogen-bond donors (Lipinski definition) is 1. The van der Waals surface area contributed by atoms with E-state index >= 15 is 0 Å². The van der Waals surface area contributed by atoms with E-state index in [1.807, 2.05) is 36.4 Å². The second-order valence-corrected chi connectivity index (χ2v) is 8.72. The molecule has 0 saturated heterocycles. The Bertz CT molecular complexity index is 842. The molecule has 0 aromatic heterocycles. The first-order valence-electron chi connectivity index (χ1n) is 9.36. The van der Waals surface area contributed by atoms with Crippen LogP contribution in [0.3, 0.4) is 0 Å². The van der Waals surface area contributed by atoms with E-state index in [9.17, 15) is 8.42 Å². The lowest BCUT2D eigenvalue weighted by Gasteiger charge is -2.26. The Labute approximate surface area is 157 Å². The van der Waals surface area contributed by atoms with Gasteiger partial charge < -0.3 is 0 Å². The third-order valence-electron chi connectivity index (χ3n) is 5.21. The van der Waals surface area contributed by atoms with E-state index in [0.717, 1.165) is 43.2 Å². The molecule has 0 radical (unpaired) electrons. The molecule has 3 rings (SSSR count). The number of allylic oxidation sites excluding steroid dienone is 2. The lowest BCUT2D eigenvalue weighted by atomic mass is 9.82. The molecule has 138 valence electrons. The van der Waals surface area contributed by atoms with Crippen LogP contribution >= 0.6 is 0 Å². The summed E-state index contributed by atoms with van der Waals surface area (Å²) < 4.78 is 24.7. The largest absolute Gasteiger partial charge is 0.234 e. The second-order valence-electron chi connectivity index (χ2n) is 7.14. The second kappa shape index (κ2) is 8.65. The van der Waals surface area contributed by atoms with Crippen molar-refractivity contribution in [1.82, 2.24) is 0 Å². The van der Waals surface area contributed by atoms with Crippen molar-refractivity contribution < 1.29 is 8.42 Å². The van der Waals surface area contributed by atoms with Gasteiger partial charge in [-0.2, -0.15) is 0 Å². The van der Waals surface area contributed by atoms with E-state index in [1.165, 1.54) is 5.56 Å². The van der Waals surface area contributed by atoms with Gasteiger partial charge in [0.2, 0.25) is 10.0 Å². The van der Waals surface area contributed by atoms with Crippen LogP contribution < -0.4 is 5.14 Å². The number of benzene rings is 2. The van der Waals surface area contributed by atoms with Gasteiger partial charge in [-0.1, -0.05) is 73.5 Å². The fourth-order valence-electron chi connectivity index (χ4n) is 3.92. The highest BCUT2D eigenvalue weighted by Crippen LogP contribution is 2.34.